The fourth-order valence-corrected chi connectivity index (χ4v) is 3.50. The standard InChI is InChI=1S/C19H16N4O2S/c1-13-10-18(21)22-19(11-13)23-26(24,25)17-8-6-16(7-9-17)15-4-2-14(12-20)3-5-15/h2-11H,1H3,(H3,21,22,23). The topological polar surface area (TPSA) is 109 Å². The second-order valence-electron chi connectivity index (χ2n) is 5.77. The van der Waals surface area contributed by atoms with Crippen LogP contribution in [0.4, 0.5) is 11.6 Å². The zero-order chi connectivity index (χ0) is 18.7. The first-order chi connectivity index (χ1) is 12.4. The molecule has 0 aliphatic heterocycles. The number of sulfonamides is 1. The molecule has 0 atom stereocenters. The van der Waals surface area contributed by atoms with Gasteiger partial charge in [-0.1, -0.05) is 24.3 Å². The number of hydrogen-bond acceptors (Lipinski definition) is 5. The fourth-order valence-electron chi connectivity index (χ4n) is 2.51. The van der Waals surface area contributed by atoms with Crippen molar-refractivity contribution in [1.29, 1.82) is 5.26 Å². The highest BCUT2D eigenvalue weighted by Crippen LogP contribution is 2.23. The highest BCUT2D eigenvalue weighted by molar-refractivity contribution is 7.92. The third-order valence-corrected chi connectivity index (χ3v) is 5.11. The van der Waals surface area contributed by atoms with Crippen molar-refractivity contribution >= 4 is 21.7 Å². The Labute approximate surface area is 152 Å². The summed E-state index contributed by atoms with van der Waals surface area (Å²) >= 11 is 0. The Morgan fingerprint density at radius 2 is 1.58 bits per heavy atom. The number of nitrogen functional groups attached to an aromatic ring is 1. The van der Waals surface area contributed by atoms with Crippen LogP contribution in [0.5, 0.6) is 0 Å². The second-order valence-corrected chi connectivity index (χ2v) is 7.46. The van der Waals surface area contributed by atoms with Crippen molar-refractivity contribution in [2.24, 2.45) is 0 Å². The van der Waals surface area contributed by atoms with E-state index in [1.165, 1.54) is 12.1 Å². The predicted octanol–water partition coefficient (Wildman–Crippen LogP) is 3.31. The molecule has 0 amide bonds. The van der Waals surface area contributed by atoms with E-state index < -0.39 is 10.0 Å². The van der Waals surface area contributed by atoms with Gasteiger partial charge in [0.05, 0.1) is 16.5 Å². The summed E-state index contributed by atoms with van der Waals surface area (Å²) in [7, 11) is -3.77. The zero-order valence-corrected chi connectivity index (χ0v) is 14.8. The zero-order valence-electron chi connectivity index (χ0n) is 14.0. The Balaban J connectivity index is 1.85. The number of nitrogens with two attached hydrogens (primary N) is 1. The second kappa shape index (κ2) is 6.86. The smallest absolute Gasteiger partial charge is 0.263 e. The molecule has 0 radical (unpaired) electrons. The minimum atomic E-state index is -3.77. The molecule has 1 aromatic heterocycles. The first-order valence-electron chi connectivity index (χ1n) is 7.75. The van der Waals surface area contributed by atoms with E-state index in [9.17, 15) is 8.42 Å². The number of rotatable bonds is 4. The van der Waals surface area contributed by atoms with Crippen LogP contribution in [0.15, 0.2) is 65.6 Å². The van der Waals surface area contributed by atoms with Gasteiger partial charge in [0.25, 0.3) is 10.0 Å². The molecule has 26 heavy (non-hydrogen) atoms. The summed E-state index contributed by atoms with van der Waals surface area (Å²) in [6, 6.07) is 18.9. The van der Waals surface area contributed by atoms with Crippen LogP contribution < -0.4 is 10.5 Å². The molecule has 0 aliphatic rings. The van der Waals surface area contributed by atoms with Gasteiger partial charge in [-0.2, -0.15) is 5.26 Å². The highest BCUT2D eigenvalue weighted by Gasteiger charge is 2.15. The summed E-state index contributed by atoms with van der Waals surface area (Å²) in [5, 5.41) is 8.84. The van der Waals surface area contributed by atoms with Crippen molar-refractivity contribution in [3.05, 3.63) is 71.8 Å². The van der Waals surface area contributed by atoms with E-state index in [0.29, 0.717) is 5.56 Å². The van der Waals surface area contributed by atoms with E-state index in [1.54, 1.807) is 36.4 Å². The van der Waals surface area contributed by atoms with E-state index >= 15 is 0 Å². The lowest BCUT2D eigenvalue weighted by atomic mass is 10.0. The minimum absolute atomic E-state index is 0.122. The Morgan fingerprint density at radius 3 is 2.12 bits per heavy atom. The fraction of sp³-hybridized carbons (Fsp3) is 0.0526. The number of nitriles is 1. The number of nitrogens with zero attached hydrogens (tertiary/aromatic N) is 2. The molecular formula is C19H16N4O2S. The average Bonchev–Trinajstić information content (AvgIpc) is 2.60. The van der Waals surface area contributed by atoms with Crippen LogP contribution in [0.25, 0.3) is 11.1 Å². The molecule has 2 aromatic carbocycles. The van der Waals surface area contributed by atoms with Crippen molar-refractivity contribution in [1.82, 2.24) is 4.98 Å². The lowest BCUT2D eigenvalue weighted by molar-refractivity contribution is 0.601. The van der Waals surface area contributed by atoms with Gasteiger partial charge in [-0.25, -0.2) is 13.4 Å². The van der Waals surface area contributed by atoms with E-state index in [0.717, 1.165) is 16.7 Å². The Hall–Kier alpha value is -3.37. The molecule has 0 aliphatic carbocycles. The van der Waals surface area contributed by atoms with Gasteiger partial charge in [0.15, 0.2) is 0 Å². The lowest BCUT2D eigenvalue weighted by Gasteiger charge is -2.09. The van der Waals surface area contributed by atoms with Crippen LogP contribution in [0.2, 0.25) is 0 Å². The van der Waals surface area contributed by atoms with E-state index in [2.05, 4.69) is 15.8 Å². The molecule has 0 bridgehead atoms. The van der Waals surface area contributed by atoms with Crippen LogP contribution in [0.3, 0.4) is 0 Å². The maximum absolute atomic E-state index is 12.5. The van der Waals surface area contributed by atoms with Gasteiger partial charge in [0.2, 0.25) is 0 Å². The van der Waals surface area contributed by atoms with Gasteiger partial charge in [0.1, 0.15) is 11.6 Å². The van der Waals surface area contributed by atoms with Gasteiger partial charge in [-0.15, -0.1) is 0 Å². The molecule has 0 fully saturated rings. The summed E-state index contributed by atoms with van der Waals surface area (Å²) in [4.78, 5) is 4.11. The summed E-state index contributed by atoms with van der Waals surface area (Å²) in [6.07, 6.45) is 0. The molecule has 0 unspecified atom stereocenters. The number of anilines is 2. The van der Waals surface area contributed by atoms with Crippen molar-refractivity contribution < 1.29 is 8.42 Å². The number of pyridine rings is 1. The molecule has 3 aromatic rings. The van der Waals surface area contributed by atoms with Crippen LogP contribution in [-0.2, 0) is 10.0 Å². The van der Waals surface area contributed by atoms with Gasteiger partial charge in [-0.05, 0) is 60.0 Å². The van der Waals surface area contributed by atoms with E-state index in [1.807, 2.05) is 19.1 Å². The van der Waals surface area contributed by atoms with Crippen molar-refractivity contribution in [3.8, 4) is 17.2 Å². The van der Waals surface area contributed by atoms with Crippen LogP contribution in [-0.4, -0.2) is 13.4 Å². The van der Waals surface area contributed by atoms with Crippen LogP contribution >= 0.6 is 0 Å². The number of aryl methyl sites for hydroxylation is 1. The van der Waals surface area contributed by atoms with Crippen molar-refractivity contribution in [3.63, 3.8) is 0 Å². The summed E-state index contributed by atoms with van der Waals surface area (Å²) < 4.78 is 27.5. The SMILES string of the molecule is Cc1cc(N)nc(NS(=O)(=O)c2ccc(-c3ccc(C#N)cc3)cc2)c1. The maximum atomic E-state index is 12.5. The normalized spacial score (nSPS) is 10.9. The highest BCUT2D eigenvalue weighted by atomic mass is 32.2. The third kappa shape index (κ3) is 3.82. The summed E-state index contributed by atoms with van der Waals surface area (Å²) in [6.45, 7) is 1.81. The first-order valence-corrected chi connectivity index (χ1v) is 9.23. The molecule has 130 valence electrons. The first kappa shape index (κ1) is 17.5. The monoisotopic (exact) mass is 364 g/mol. The van der Waals surface area contributed by atoms with Gasteiger partial charge in [0, 0.05) is 0 Å². The number of nitrogens with one attached hydrogen (secondary N) is 1. The molecule has 0 saturated carbocycles. The largest absolute Gasteiger partial charge is 0.384 e. The Kier molecular flexibility index (Phi) is 4.61. The van der Waals surface area contributed by atoms with Crippen LogP contribution in [0.1, 0.15) is 11.1 Å². The number of aromatic nitrogens is 1. The van der Waals surface area contributed by atoms with Gasteiger partial charge < -0.3 is 5.73 Å². The Morgan fingerprint density at radius 1 is 1.00 bits per heavy atom. The summed E-state index contributed by atoms with van der Waals surface area (Å²) in [5.41, 5.74) is 8.79. The van der Waals surface area contributed by atoms with E-state index in [4.69, 9.17) is 11.0 Å². The van der Waals surface area contributed by atoms with Crippen molar-refractivity contribution in [2.45, 2.75) is 11.8 Å². The molecule has 0 spiro atoms. The predicted molar refractivity (Wildman–Crippen MR) is 101 cm³/mol. The molecule has 6 nitrogen and oxygen atoms in total. The van der Waals surface area contributed by atoms with E-state index in [-0.39, 0.29) is 16.5 Å². The van der Waals surface area contributed by atoms with Crippen LogP contribution in [0, 0.1) is 18.3 Å². The number of benzene rings is 2. The minimum Gasteiger partial charge on any atom is -0.384 e. The molecule has 0 saturated heterocycles. The average molecular weight is 364 g/mol. The maximum Gasteiger partial charge on any atom is 0.263 e. The quantitative estimate of drug-likeness (QED) is 0.738. The third-order valence-electron chi connectivity index (χ3n) is 3.74. The number of hydrogen-bond donors (Lipinski definition) is 2. The summed E-state index contributed by atoms with van der Waals surface area (Å²) in [5.74, 6) is 0.428. The molecule has 7 heteroatoms. The molecular weight excluding hydrogens is 348 g/mol. The lowest BCUT2D eigenvalue weighted by Crippen LogP contribution is -2.14. The Bertz CT molecular complexity index is 1060. The molecule has 3 N–H and O–H groups in total. The molecule has 3 rings (SSSR count). The van der Waals surface area contributed by atoms with Gasteiger partial charge >= 0.3 is 0 Å². The van der Waals surface area contributed by atoms with Gasteiger partial charge in [-0.3, -0.25) is 4.72 Å². The van der Waals surface area contributed by atoms with Crippen molar-refractivity contribution in [2.75, 3.05) is 10.5 Å². The molecule has 1 heterocycles.